The van der Waals surface area contributed by atoms with Gasteiger partial charge in [0.05, 0.1) is 11.4 Å². The molecule has 0 N–H and O–H groups in total. The van der Waals surface area contributed by atoms with Crippen molar-refractivity contribution in [1.29, 1.82) is 0 Å². The second-order valence-electron chi connectivity index (χ2n) is 4.30. The van der Waals surface area contributed by atoms with Crippen molar-refractivity contribution in [3.8, 4) is 0 Å². The Kier molecular flexibility index (Phi) is 5.00. The second-order valence-corrected chi connectivity index (χ2v) is 6.06. The van der Waals surface area contributed by atoms with Crippen molar-refractivity contribution in [3.05, 3.63) is 48.5 Å². The molecule has 0 amide bonds. The van der Waals surface area contributed by atoms with Crippen molar-refractivity contribution in [2.75, 3.05) is 19.0 Å². The molecule has 0 aliphatic carbocycles. The molecule has 0 bridgehead atoms. The SMILES string of the molecule is CN(C)c1ccccc1/N=N/c1ccc([S+]([O-])Cl)cc1. The van der Waals surface area contributed by atoms with Crippen LogP contribution in [0.15, 0.2) is 63.7 Å². The van der Waals surface area contributed by atoms with E-state index in [9.17, 15) is 4.55 Å². The van der Waals surface area contributed by atoms with Crippen LogP contribution in [0.5, 0.6) is 0 Å². The number of halogens is 1. The highest BCUT2D eigenvalue weighted by Gasteiger charge is 2.07. The van der Waals surface area contributed by atoms with Gasteiger partial charge in [-0.15, -0.1) is 5.11 Å². The van der Waals surface area contributed by atoms with E-state index in [1.807, 2.05) is 43.3 Å². The van der Waals surface area contributed by atoms with Crippen LogP contribution in [0.1, 0.15) is 0 Å². The average molecular weight is 308 g/mol. The lowest BCUT2D eigenvalue weighted by Gasteiger charge is -2.13. The first-order valence-corrected chi connectivity index (χ1v) is 7.92. The predicted molar refractivity (Wildman–Crippen MR) is 83.6 cm³/mol. The van der Waals surface area contributed by atoms with E-state index in [0.717, 1.165) is 11.4 Å². The van der Waals surface area contributed by atoms with E-state index in [-0.39, 0.29) is 0 Å². The first-order valence-electron chi connectivity index (χ1n) is 5.94. The first kappa shape index (κ1) is 14.8. The number of azo groups is 1. The van der Waals surface area contributed by atoms with Crippen molar-refractivity contribution in [1.82, 2.24) is 0 Å². The molecule has 0 fully saturated rings. The molecular formula is C14H14ClN3OS. The predicted octanol–water partition coefficient (Wildman–Crippen LogP) is 4.43. The third-order valence-electron chi connectivity index (χ3n) is 2.66. The minimum absolute atomic E-state index is 0.555. The van der Waals surface area contributed by atoms with E-state index in [0.29, 0.717) is 10.6 Å². The van der Waals surface area contributed by atoms with Gasteiger partial charge in [0.2, 0.25) is 0 Å². The lowest BCUT2D eigenvalue weighted by Crippen LogP contribution is -2.08. The van der Waals surface area contributed by atoms with Gasteiger partial charge in [0.25, 0.3) is 0 Å². The summed E-state index contributed by atoms with van der Waals surface area (Å²) in [6, 6.07) is 14.6. The molecule has 1 atom stereocenters. The number of nitrogens with zero attached hydrogens (tertiary/aromatic N) is 3. The zero-order chi connectivity index (χ0) is 14.5. The summed E-state index contributed by atoms with van der Waals surface area (Å²) in [5.41, 5.74) is 2.47. The number of hydrogen-bond donors (Lipinski definition) is 0. The highest BCUT2D eigenvalue weighted by atomic mass is 35.7. The Morgan fingerprint density at radius 2 is 1.65 bits per heavy atom. The highest BCUT2D eigenvalue weighted by molar-refractivity contribution is 8.13. The molecule has 0 heterocycles. The summed E-state index contributed by atoms with van der Waals surface area (Å²) >= 11 is 0. The Hall–Kier alpha value is -1.56. The summed E-state index contributed by atoms with van der Waals surface area (Å²) < 4.78 is 11.1. The normalized spacial score (nSPS) is 12.6. The van der Waals surface area contributed by atoms with E-state index in [1.54, 1.807) is 24.3 Å². The van der Waals surface area contributed by atoms with Gasteiger partial charge in [-0.2, -0.15) is 5.11 Å². The molecule has 0 aliphatic rings. The molecule has 6 heteroatoms. The van der Waals surface area contributed by atoms with E-state index in [1.165, 1.54) is 0 Å². The zero-order valence-electron chi connectivity index (χ0n) is 11.2. The molecule has 0 saturated carbocycles. The van der Waals surface area contributed by atoms with Gasteiger partial charge >= 0.3 is 0 Å². The Bertz CT molecular complexity index is 600. The summed E-state index contributed by atoms with van der Waals surface area (Å²) in [4.78, 5) is 2.54. The largest absolute Gasteiger partial charge is 0.594 e. The third kappa shape index (κ3) is 3.72. The highest BCUT2D eigenvalue weighted by Crippen LogP contribution is 2.28. The summed E-state index contributed by atoms with van der Waals surface area (Å²) in [7, 11) is 7.92. The topological polar surface area (TPSA) is 51.0 Å². The fourth-order valence-electron chi connectivity index (χ4n) is 1.66. The number of hydrogen-bond acceptors (Lipinski definition) is 4. The molecule has 0 aliphatic heterocycles. The van der Waals surface area contributed by atoms with E-state index in [2.05, 4.69) is 10.2 Å². The lowest BCUT2D eigenvalue weighted by atomic mass is 10.2. The maximum Gasteiger partial charge on any atom is 0.181 e. The second kappa shape index (κ2) is 6.74. The molecule has 104 valence electrons. The summed E-state index contributed by atoms with van der Waals surface area (Å²) in [6.45, 7) is 0. The summed E-state index contributed by atoms with van der Waals surface area (Å²) in [6.07, 6.45) is 0. The Balaban J connectivity index is 2.21. The van der Waals surface area contributed by atoms with Crippen LogP contribution in [0.2, 0.25) is 0 Å². The van der Waals surface area contributed by atoms with Crippen molar-refractivity contribution in [3.63, 3.8) is 0 Å². The molecule has 4 nitrogen and oxygen atoms in total. The minimum Gasteiger partial charge on any atom is -0.594 e. The molecule has 2 aromatic rings. The number of rotatable bonds is 4. The van der Waals surface area contributed by atoms with Crippen LogP contribution >= 0.6 is 10.7 Å². The zero-order valence-corrected chi connectivity index (χ0v) is 12.7. The van der Waals surface area contributed by atoms with E-state index in [4.69, 9.17) is 10.7 Å². The molecular weight excluding hydrogens is 294 g/mol. The fourth-order valence-corrected chi connectivity index (χ4v) is 2.32. The van der Waals surface area contributed by atoms with E-state index >= 15 is 0 Å². The molecule has 1 unspecified atom stereocenters. The van der Waals surface area contributed by atoms with Gasteiger partial charge in [0.1, 0.15) is 16.1 Å². The molecule has 20 heavy (non-hydrogen) atoms. The lowest BCUT2D eigenvalue weighted by molar-refractivity contribution is 0.608. The summed E-state index contributed by atoms with van der Waals surface area (Å²) in [5.74, 6) is 0. The van der Waals surface area contributed by atoms with Gasteiger partial charge in [-0.1, -0.05) is 12.1 Å². The first-order chi connectivity index (χ1) is 9.58. The number of para-hydroxylation sites is 1. The van der Waals surface area contributed by atoms with Crippen LogP contribution in [0, 0.1) is 0 Å². The van der Waals surface area contributed by atoms with Crippen molar-refractivity contribution < 1.29 is 4.55 Å². The maximum absolute atomic E-state index is 11.1. The van der Waals surface area contributed by atoms with Crippen LogP contribution in [0.25, 0.3) is 0 Å². The van der Waals surface area contributed by atoms with Gasteiger partial charge in [0.15, 0.2) is 15.6 Å². The van der Waals surface area contributed by atoms with Gasteiger partial charge in [0, 0.05) is 14.1 Å². The van der Waals surface area contributed by atoms with Gasteiger partial charge in [-0.3, -0.25) is 0 Å². The molecule has 2 aromatic carbocycles. The molecule has 0 radical (unpaired) electrons. The smallest absolute Gasteiger partial charge is 0.181 e. The Labute approximate surface area is 125 Å². The Morgan fingerprint density at radius 3 is 2.25 bits per heavy atom. The maximum atomic E-state index is 11.1. The quantitative estimate of drug-likeness (QED) is 0.620. The monoisotopic (exact) mass is 307 g/mol. The van der Waals surface area contributed by atoms with Crippen molar-refractivity contribution in [2.24, 2.45) is 10.2 Å². The standard InChI is InChI=1S/C14H14ClN3OS/c1-18(2)14-6-4-3-5-13(14)17-16-11-7-9-12(10-8-11)20(15)19/h3-10H,1-2H3/b17-16+. The Morgan fingerprint density at radius 1 is 1.00 bits per heavy atom. The number of benzene rings is 2. The van der Waals surface area contributed by atoms with Crippen LogP contribution < -0.4 is 4.90 Å². The van der Waals surface area contributed by atoms with Gasteiger partial charge in [-0.25, -0.2) is 0 Å². The molecule has 0 saturated heterocycles. The van der Waals surface area contributed by atoms with Crippen LogP contribution in [-0.4, -0.2) is 18.6 Å². The van der Waals surface area contributed by atoms with E-state index < -0.39 is 10.4 Å². The van der Waals surface area contributed by atoms with Crippen LogP contribution in [0.4, 0.5) is 17.1 Å². The van der Waals surface area contributed by atoms with Crippen molar-refractivity contribution >= 4 is 38.1 Å². The average Bonchev–Trinajstić information content (AvgIpc) is 2.45. The van der Waals surface area contributed by atoms with Gasteiger partial charge < -0.3 is 9.45 Å². The van der Waals surface area contributed by atoms with Crippen molar-refractivity contribution in [2.45, 2.75) is 4.90 Å². The molecule has 2 rings (SSSR count). The third-order valence-corrected chi connectivity index (χ3v) is 3.84. The fraction of sp³-hybridized carbons (Fsp3) is 0.143. The molecule has 0 spiro atoms. The van der Waals surface area contributed by atoms with Crippen LogP contribution in [-0.2, 0) is 10.4 Å². The summed E-state index contributed by atoms with van der Waals surface area (Å²) in [5, 5.41) is 8.42. The number of anilines is 1. The molecule has 0 aromatic heterocycles. The van der Waals surface area contributed by atoms with Crippen LogP contribution in [0.3, 0.4) is 0 Å². The minimum atomic E-state index is -1.49. The van der Waals surface area contributed by atoms with Gasteiger partial charge in [-0.05, 0) is 36.4 Å².